The van der Waals surface area contributed by atoms with E-state index in [9.17, 15) is 9.59 Å². The molecule has 116 valence electrons. The second-order valence-corrected chi connectivity index (χ2v) is 7.20. The van der Waals surface area contributed by atoms with Crippen LogP contribution in [0.2, 0.25) is 0 Å². The minimum absolute atomic E-state index is 0.0381. The molecule has 4 atom stereocenters. The lowest BCUT2D eigenvalue weighted by molar-refractivity contribution is -0.136. The topological polar surface area (TPSA) is 69.4 Å². The number of nitrogens with two attached hydrogens (primary N) is 1. The number of rotatable bonds is 3. The Morgan fingerprint density at radius 2 is 2.09 bits per heavy atom. The molecular weight excluding hydrogens is 278 g/mol. The first-order valence-corrected chi connectivity index (χ1v) is 8.18. The summed E-state index contributed by atoms with van der Waals surface area (Å²) in [6, 6.07) is 7.14. The Hall–Kier alpha value is -1.84. The Morgan fingerprint density at radius 1 is 1.27 bits per heavy atom. The highest BCUT2D eigenvalue weighted by Gasteiger charge is 2.50. The molecule has 2 aliphatic carbocycles. The van der Waals surface area contributed by atoms with E-state index in [2.05, 4.69) is 0 Å². The van der Waals surface area contributed by atoms with E-state index in [1.54, 1.807) is 12.1 Å². The summed E-state index contributed by atoms with van der Waals surface area (Å²) in [7, 11) is 0. The van der Waals surface area contributed by atoms with E-state index in [4.69, 9.17) is 10.5 Å². The van der Waals surface area contributed by atoms with E-state index < -0.39 is 11.5 Å². The molecule has 1 amide bonds. The third kappa shape index (κ3) is 2.04. The molecule has 0 saturated heterocycles. The number of Topliss-reactive ketones (excluding diaryl/α,β-unsaturated/α-hetero) is 1. The van der Waals surface area contributed by atoms with Gasteiger partial charge in [0.05, 0.1) is 12.0 Å². The van der Waals surface area contributed by atoms with Gasteiger partial charge in [0, 0.05) is 0 Å². The van der Waals surface area contributed by atoms with Gasteiger partial charge >= 0.3 is 0 Å². The standard InChI is InChI=1S/C18H21NO3/c19-17(21)18(9-13-8-11-5-6-12(13)7-11)10-15(20)14-3-1-2-4-16(14)22-18/h1-4,11-13H,5-10H2,(H2,19,21). The first-order chi connectivity index (χ1) is 10.6. The van der Waals surface area contributed by atoms with Crippen molar-refractivity contribution < 1.29 is 14.3 Å². The third-order valence-corrected chi connectivity index (χ3v) is 5.86. The first-order valence-electron chi connectivity index (χ1n) is 8.18. The minimum Gasteiger partial charge on any atom is -0.476 e. The number of amides is 1. The summed E-state index contributed by atoms with van der Waals surface area (Å²) < 4.78 is 6.03. The van der Waals surface area contributed by atoms with E-state index in [0.29, 0.717) is 29.6 Å². The summed E-state index contributed by atoms with van der Waals surface area (Å²) >= 11 is 0. The van der Waals surface area contributed by atoms with Crippen LogP contribution in [-0.2, 0) is 4.79 Å². The van der Waals surface area contributed by atoms with E-state index in [1.165, 1.54) is 19.3 Å². The average molecular weight is 299 g/mol. The maximum Gasteiger partial charge on any atom is 0.262 e. The number of para-hydroxylation sites is 1. The monoisotopic (exact) mass is 299 g/mol. The van der Waals surface area contributed by atoms with Gasteiger partial charge in [0.15, 0.2) is 11.4 Å². The molecule has 4 unspecified atom stereocenters. The van der Waals surface area contributed by atoms with Crippen molar-refractivity contribution in [3.05, 3.63) is 29.8 Å². The fraction of sp³-hybridized carbons (Fsp3) is 0.556. The lowest BCUT2D eigenvalue weighted by Crippen LogP contribution is -2.54. The molecule has 4 nitrogen and oxygen atoms in total. The van der Waals surface area contributed by atoms with Gasteiger partial charge in [-0.15, -0.1) is 0 Å². The summed E-state index contributed by atoms with van der Waals surface area (Å²) in [5, 5.41) is 0. The summed E-state index contributed by atoms with van der Waals surface area (Å²) in [6.07, 6.45) is 5.64. The smallest absolute Gasteiger partial charge is 0.262 e. The van der Waals surface area contributed by atoms with Crippen molar-refractivity contribution in [2.75, 3.05) is 0 Å². The molecule has 2 saturated carbocycles. The van der Waals surface area contributed by atoms with E-state index in [-0.39, 0.29) is 12.2 Å². The van der Waals surface area contributed by atoms with E-state index in [1.807, 2.05) is 12.1 Å². The quantitative estimate of drug-likeness (QED) is 0.933. The zero-order chi connectivity index (χ0) is 15.3. The predicted molar refractivity (Wildman–Crippen MR) is 81.5 cm³/mol. The molecule has 1 aromatic rings. The largest absolute Gasteiger partial charge is 0.476 e. The molecule has 22 heavy (non-hydrogen) atoms. The molecule has 4 rings (SSSR count). The van der Waals surface area contributed by atoms with Crippen LogP contribution < -0.4 is 10.5 Å². The third-order valence-electron chi connectivity index (χ3n) is 5.86. The maximum atomic E-state index is 12.5. The van der Waals surface area contributed by atoms with Gasteiger partial charge in [-0.1, -0.05) is 18.6 Å². The summed E-state index contributed by atoms with van der Waals surface area (Å²) in [5.74, 6) is 1.90. The number of hydrogen-bond acceptors (Lipinski definition) is 3. The van der Waals surface area contributed by atoms with Crippen molar-refractivity contribution in [3.8, 4) is 5.75 Å². The first kappa shape index (κ1) is 13.8. The lowest BCUT2D eigenvalue weighted by Gasteiger charge is -2.38. The van der Waals surface area contributed by atoms with Crippen LogP contribution in [0.5, 0.6) is 5.75 Å². The second-order valence-electron chi connectivity index (χ2n) is 7.20. The Balaban J connectivity index is 1.64. The van der Waals surface area contributed by atoms with Gasteiger partial charge in [0.2, 0.25) is 0 Å². The van der Waals surface area contributed by atoms with Crippen molar-refractivity contribution in [2.45, 2.75) is 44.1 Å². The fourth-order valence-electron chi connectivity index (χ4n) is 4.79. The highest BCUT2D eigenvalue weighted by atomic mass is 16.5. The fourth-order valence-corrected chi connectivity index (χ4v) is 4.79. The number of carbonyl (C=O) groups is 2. The van der Waals surface area contributed by atoms with E-state index >= 15 is 0 Å². The molecule has 1 aromatic carbocycles. The highest BCUT2D eigenvalue weighted by molar-refractivity contribution is 6.04. The van der Waals surface area contributed by atoms with Crippen LogP contribution in [0.1, 0.15) is 48.9 Å². The zero-order valence-corrected chi connectivity index (χ0v) is 12.6. The van der Waals surface area contributed by atoms with Crippen LogP contribution in [0.25, 0.3) is 0 Å². The van der Waals surface area contributed by atoms with Gasteiger partial charge in [-0.3, -0.25) is 9.59 Å². The van der Waals surface area contributed by atoms with Crippen molar-refractivity contribution in [3.63, 3.8) is 0 Å². The lowest BCUT2D eigenvalue weighted by atomic mass is 9.76. The number of hydrogen-bond donors (Lipinski definition) is 1. The Kier molecular flexibility index (Phi) is 3.03. The molecule has 0 aromatic heterocycles. The van der Waals surface area contributed by atoms with Gasteiger partial charge in [-0.2, -0.15) is 0 Å². The summed E-state index contributed by atoms with van der Waals surface area (Å²) in [5.41, 5.74) is 5.09. The molecule has 2 bridgehead atoms. The van der Waals surface area contributed by atoms with Gasteiger partial charge in [0.25, 0.3) is 5.91 Å². The molecule has 4 heteroatoms. The molecule has 3 aliphatic rings. The zero-order valence-electron chi connectivity index (χ0n) is 12.6. The van der Waals surface area contributed by atoms with Crippen molar-refractivity contribution in [2.24, 2.45) is 23.5 Å². The summed E-state index contributed by atoms with van der Waals surface area (Å²) in [4.78, 5) is 24.6. The Morgan fingerprint density at radius 3 is 2.77 bits per heavy atom. The number of benzene rings is 1. The van der Waals surface area contributed by atoms with Crippen LogP contribution in [-0.4, -0.2) is 17.3 Å². The Bertz CT molecular complexity index is 641. The average Bonchev–Trinajstić information content (AvgIpc) is 3.09. The van der Waals surface area contributed by atoms with Crippen LogP contribution >= 0.6 is 0 Å². The molecular formula is C18H21NO3. The number of ether oxygens (including phenoxy) is 1. The van der Waals surface area contributed by atoms with E-state index in [0.717, 1.165) is 12.3 Å². The number of ketones is 1. The van der Waals surface area contributed by atoms with Crippen LogP contribution in [0.3, 0.4) is 0 Å². The van der Waals surface area contributed by atoms with Gasteiger partial charge in [-0.05, 0) is 55.6 Å². The van der Waals surface area contributed by atoms with Crippen molar-refractivity contribution in [1.29, 1.82) is 0 Å². The predicted octanol–water partition coefficient (Wildman–Crippen LogP) is 2.70. The Labute approximate surface area is 130 Å². The van der Waals surface area contributed by atoms with Crippen LogP contribution in [0, 0.1) is 17.8 Å². The highest BCUT2D eigenvalue weighted by Crippen LogP contribution is 2.52. The summed E-state index contributed by atoms with van der Waals surface area (Å²) in [6.45, 7) is 0. The van der Waals surface area contributed by atoms with Crippen molar-refractivity contribution >= 4 is 11.7 Å². The second kappa shape index (κ2) is 4.83. The SMILES string of the molecule is NC(=O)C1(CC2CC3CCC2C3)CC(=O)c2ccccc2O1. The molecule has 2 N–H and O–H groups in total. The van der Waals surface area contributed by atoms with Crippen LogP contribution in [0.4, 0.5) is 0 Å². The number of fused-ring (bicyclic) bond motifs is 3. The maximum absolute atomic E-state index is 12.5. The molecule has 1 aliphatic heterocycles. The molecule has 0 spiro atoms. The molecule has 1 heterocycles. The normalized spacial score (nSPS) is 36.0. The molecule has 0 radical (unpaired) electrons. The van der Waals surface area contributed by atoms with Gasteiger partial charge in [-0.25, -0.2) is 0 Å². The number of primary amides is 1. The molecule has 2 fully saturated rings. The van der Waals surface area contributed by atoms with Gasteiger partial charge in [0.1, 0.15) is 5.75 Å². The number of carbonyl (C=O) groups excluding carboxylic acids is 2. The van der Waals surface area contributed by atoms with Crippen molar-refractivity contribution in [1.82, 2.24) is 0 Å². The minimum atomic E-state index is -1.15. The van der Waals surface area contributed by atoms with Gasteiger partial charge < -0.3 is 10.5 Å². The van der Waals surface area contributed by atoms with Crippen LogP contribution in [0.15, 0.2) is 24.3 Å².